The first-order chi connectivity index (χ1) is 20.2. The SMILES string of the molecule is Cc1nc(-c2ccc(S(C)(=O)=O)cc2)c(COc2ccc(-c3nc4cc(C(=O)O)ccc4n3C3CCCCC3)cc2)s1. The monoisotopic (exact) mass is 601 g/mol. The Hall–Kier alpha value is -4.02. The van der Waals surface area contributed by atoms with E-state index in [1.165, 1.54) is 25.5 Å². The average molecular weight is 602 g/mol. The summed E-state index contributed by atoms with van der Waals surface area (Å²) in [6.45, 7) is 2.27. The highest BCUT2D eigenvalue weighted by atomic mass is 32.2. The van der Waals surface area contributed by atoms with Crippen molar-refractivity contribution in [3.05, 3.63) is 82.2 Å². The number of carbonyl (C=O) groups is 1. The fraction of sp³-hybridized carbons (Fsp3) is 0.281. The van der Waals surface area contributed by atoms with Crippen LogP contribution in [0.4, 0.5) is 0 Å². The van der Waals surface area contributed by atoms with E-state index in [9.17, 15) is 18.3 Å². The van der Waals surface area contributed by atoms with Crippen LogP contribution in [0.15, 0.2) is 71.6 Å². The lowest BCUT2D eigenvalue weighted by atomic mass is 9.95. The molecule has 216 valence electrons. The molecule has 0 atom stereocenters. The van der Waals surface area contributed by atoms with Gasteiger partial charge in [-0.1, -0.05) is 31.4 Å². The van der Waals surface area contributed by atoms with Crippen LogP contribution in [0.3, 0.4) is 0 Å². The molecule has 10 heteroatoms. The number of aromatic nitrogens is 3. The maximum Gasteiger partial charge on any atom is 0.335 e. The van der Waals surface area contributed by atoms with Gasteiger partial charge in [0.15, 0.2) is 9.84 Å². The summed E-state index contributed by atoms with van der Waals surface area (Å²) >= 11 is 1.55. The number of sulfone groups is 1. The van der Waals surface area contributed by atoms with Crippen molar-refractivity contribution in [2.45, 2.75) is 56.6 Å². The number of thiazole rings is 1. The summed E-state index contributed by atoms with van der Waals surface area (Å²) < 4.78 is 32.2. The second-order valence-corrected chi connectivity index (χ2v) is 14.0. The predicted molar refractivity (Wildman–Crippen MR) is 164 cm³/mol. The minimum Gasteiger partial charge on any atom is -0.488 e. The Bertz CT molecular complexity index is 1870. The number of fused-ring (bicyclic) bond motifs is 1. The van der Waals surface area contributed by atoms with Gasteiger partial charge >= 0.3 is 5.97 Å². The molecule has 0 radical (unpaired) electrons. The molecule has 0 amide bonds. The van der Waals surface area contributed by atoms with Crippen molar-refractivity contribution in [2.75, 3.05) is 6.26 Å². The third kappa shape index (κ3) is 5.69. The molecule has 3 aromatic carbocycles. The van der Waals surface area contributed by atoms with Crippen molar-refractivity contribution in [1.29, 1.82) is 0 Å². The highest BCUT2D eigenvalue weighted by Crippen LogP contribution is 2.37. The van der Waals surface area contributed by atoms with Gasteiger partial charge in [-0.05, 0) is 74.4 Å². The van der Waals surface area contributed by atoms with Crippen molar-refractivity contribution < 1.29 is 23.1 Å². The molecule has 2 aromatic heterocycles. The highest BCUT2D eigenvalue weighted by Gasteiger charge is 2.23. The Morgan fingerprint density at radius 1 is 0.976 bits per heavy atom. The van der Waals surface area contributed by atoms with Gasteiger partial charge < -0.3 is 14.4 Å². The maximum atomic E-state index is 11.8. The van der Waals surface area contributed by atoms with Crippen molar-refractivity contribution in [1.82, 2.24) is 14.5 Å². The summed E-state index contributed by atoms with van der Waals surface area (Å²) in [5.41, 5.74) is 4.45. The molecule has 8 nitrogen and oxygen atoms in total. The van der Waals surface area contributed by atoms with E-state index in [0.717, 1.165) is 50.9 Å². The zero-order valence-electron chi connectivity index (χ0n) is 23.4. The van der Waals surface area contributed by atoms with Crippen LogP contribution in [0, 0.1) is 6.92 Å². The van der Waals surface area contributed by atoms with Crippen LogP contribution in [-0.4, -0.2) is 40.3 Å². The molecule has 1 aliphatic rings. The first kappa shape index (κ1) is 28.1. The lowest BCUT2D eigenvalue weighted by Gasteiger charge is -2.25. The Labute approximate surface area is 248 Å². The Kier molecular flexibility index (Phi) is 7.59. The Morgan fingerprint density at radius 2 is 1.67 bits per heavy atom. The number of ether oxygens (including phenoxy) is 1. The summed E-state index contributed by atoms with van der Waals surface area (Å²) in [4.78, 5) is 22.4. The Morgan fingerprint density at radius 3 is 2.33 bits per heavy atom. The van der Waals surface area contributed by atoms with Crippen LogP contribution >= 0.6 is 11.3 Å². The first-order valence-corrected chi connectivity index (χ1v) is 16.6. The molecule has 0 bridgehead atoms. The lowest BCUT2D eigenvalue weighted by molar-refractivity contribution is 0.0697. The molecule has 0 saturated heterocycles. The minimum atomic E-state index is -3.27. The van der Waals surface area contributed by atoms with E-state index in [4.69, 9.17) is 9.72 Å². The summed E-state index contributed by atoms with van der Waals surface area (Å²) in [5, 5.41) is 10.4. The summed E-state index contributed by atoms with van der Waals surface area (Å²) in [6, 6.07) is 20.1. The number of imidazole rings is 1. The van der Waals surface area contributed by atoms with Crippen LogP contribution < -0.4 is 4.74 Å². The lowest BCUT2D eigenvalue weighted by Crippen LogP contribution is -2.14. The quantitative estimate of drug-likeness (QED) is 0.198. The van der Waals surface area contributed by atoms with Gasteiger partial charge in [-0.3, -0.25) is 0 Å². The third-order valence-electron chi connectivity index (χ3n) is 7.72. The van der Waals surface area contributed by atoms with Gasteiger partial charge in [0.1, 0.15) is 18.2 Å². The van der Waals surface area contributed by atoms with Crippen LogP contribution in [0.2, 0.25) is 0 Å². The molecule has 1 aliphatic carbocycles. The van der Waals surface area contributed by atoms with Crippen molar-refractivity contribution in [2.24, 2.45) is 0 Å². The van der Waals surface area contributed by atoms with Gasteiger partial charge in [-0.2, -0.15) is 0 Å². The predicted octanol–water partition coefficient (Wildman–Crippen LogP) is 7.32. The second kappa shape index (κ2) is 11.3. The molecule has 5 aromatic rings. The molecule has 1 N–H and O–H groups in total. The average Bonchev–Trinajstić information content (AvgIpc) is 3.56. The smallest absolute Gasteiger partial charge is 0.335 e. The Balaban J connectivity index is 1.25. The molecular formula is C32H31N3O5S2. The molecule has 42 heavy (non-hydrogen) atoms. The minimum absolute atomic E-state index is 0.232. The van der Waals surface area contributed by atoms with Crippen LogP contribution in [-0.2, 0) is 16.4 Å². The first-order valence-electron chi connectivity index (χ1n) is 13.9. The number of carboxylic acid groups (broad SMARTS) is 1. The van der Waals surface area contributed by atoms with Gasteiger partial charge in [-0.15, -0.1) is 11.3 Å². The number of rotatable bonds is 8. The molecule has 1 saturated carbocycles. The van der Waals surface area contributed by atoms with Crippen LogP contribution in [0.5, 0.6) is 5.75 Å². The van der Waals surface area contributed by atoms with E-state index >= 15 is 0 Å². The van der Waals surface area contributed by atoms with Gasteiger partial charge in [0.2, 0.25) is 0 Å². The van der Waals surface area contributed by atoms with Crippen LogP contribution in [0.25, 0.3) is 33.7 Å². The second-order valence-electron chi connectivity index (χ2n) is 10.7. The van der Waals surface area contributed by atoms with Crippen molar-refractivity contribution in [3.8, 4) is 28.4 Å². The summed E-state index contributed by atoms with van der Waals surface area (Å²) in [5.74, 6) is 0.581. The summed E-state index contributed by atoms with van der Waals surface area (Å²) in [7, 11) is -3.27. The van der Waals surface area contributed by atoms with E-state index in [1.807, 2.05) is 37.3 Å². The molecule has 0 spiro atoms. The zero-order valence-corrected chi connectivity index (χ0v) is 25.0. The molecule has 0 aliphatic heterocycles. The largest absolute Gasteiger partial charge is 0.488 e. The fourth-order valence-corrected chi connectivity index (χ4v) is 7.15. The van der Waals surface area contributed by atoms with Gasteiger partial charge in [0.25, 0.3) is 0 Å². The standard InChI is InChI=1S/C32H31N3O5S2/c1-20-33-30(21-10-15-26(16-11-21)42(2,38)39)29(41-20)19-40-25-13-8-22(9-14-25)31-34-27-18-23(32(36)37)12-17-28(27)35(31)24-6-4-3-5-7-24/h8-18,24H,3-7,19H2,1-2H3,(H,36,37). The number of hydrogen-bond donors (Lipinski definition) is 1. The molecular weight excluding hydrogens is 571 g/mol. The number of nitrogens with zero attached hydrogens (tertiary/aromatic N) is 3. The third-order valence-corrected chi connectivity index (χ3v) is 9.79. The number of aryl methyl sites for hydroxylation is 1. The molecule has 1 fully saturated rings. The van der Waals surface area contributed by atoms with Gasteiger partial charge in [0.05, 0.1) is 37.1 Å². The summed E-state index contributed by atoms with van der Waals surface area (Å²) in [6.07, 6.45) is 6.93. The van der Waals surface area contributed by atoms with E-state index in [2.05, 4.69) is 9.55 Å². The zero-order chi connectivity index (χ0) is 29.4. The van der Waals surface area contributed by atoms with E-state index < -0.39 is 15.8 Å². The number of aromatic carboxylic acids is 1. The molecule has 0 unspecified atom stereocenters. The number of hydrogen-bond acceptors (Lipinski definition) is 7. The maximum absolute atomic E-state index is 11.8. The highest BCUT2D eigenvalue weighted by molar-refractivity contribution is 7.90. The van der Waals surface area contributed by atoms with E-state index in [-0.39, 0.29) is 10.5 Å². The fourth-order valence-electron chi connectivity index (χ4n) is 5.65. The van der Waals surface area contributed by atoms with Gasteiger partial charge in [0, 0.05) is 23.4 Å². The number of benzene rings is 3. The van der Waals surface area contributed by atoms with E-state index in [0.29, 0.717) is 23.9 Å². The van der Waals surface area contributed by atoms with Gasteiger partial charge in [-0.25, -0.2) is 23.2 Å². The van der Waals surface area contributed by atoms with Crippen molar-refractivity contribution >= 4 is 38.2 Å². The topological polar surface area (TPSA) is 111 Å². The van der Waals surface area contributed by atoms with Crippen molar-refractivity contribution in [3.63, 3.8) is 0 Å². The number of carboxylic acids is 1. The van der Waals surface area contributed by atoms with E-state index in [1.54, 1.807) is 47.7 Å². The van der Waals surface area contributed by atoms with Crippen LogP contribution in [0.1, 0.15) is 58.4 Å². The molecule has 2 heterocycles. The normalized spacial score (nSPS) is 14.3. The molecule has 6 rings (SSSR count).